The number of piperidine rings is 1. The second kappa shape index (κ2) is 10.2. The van der Waals surface area contributed by atoms with Crippen molar-refractivity contribution in [1.29, 1.82) is 0 Å². The molecule has 0 radical (unpaired) electrons. The minimum absolute atomic E-state index is 0.0125. The summed E-state index contributed by atoms with van der Waals surface area (Å²) in [6.45, 7) is 8.41. The van der Waals surface area contributed by atoms with Gasteiger partial charge < -0.3 is 19.7 Å². The Balaban J connectivity index is 1.67. The van der Waals surface area contributed by atoms with E-state index in [1.165, 1.54) is 13.8 Å². The Kier molecular flexibility index (Phi) is 8.02. The third kappa shape index (κ3) is 7.62. The normalized spacial score (nSPS) is 24.6. The molecule has 2 saturated heterocycles. The van der Waals surface area contributed by atoms with Gasteiger partial charge in [-0.2, -0.15) is 0 Å². The first-order chi connectivity index (χ1) is 15.4. The van der Waals surface area contributed by atoms with Gasteiger partial charge in [-0.1, -0.05) is 30.3 Å². The van der Waals surface area contributed by atoms with Crippen molar-refractivity contribution in [3.8, 4) is 0 Å². The number of aliphatic hydroxyl groups is 1. The van der Waals surface area contributed by atoms with E-state index in [4.69, 9.17) is 18.3 Å². The standard InChI is InChI=1S/C23H35N2O7P/c1-21(2,3)31-33(32-22(4,5)28)30-16-29-20(27)25-15-23(14-12-19(26)24-23)13-11-18(25)17-9-7-6-8-10-17/h6-10,18,28H,11-16H2,1-5H3,(H,24,26). The summed E-state index contributed by atoms with van der Waals surface area (Å²) in [7, 11) is -1.96. The third-order valence-electron chi connectivity index (χ3n) is 5.39. The van der Waals surface area contributed by atoms with Crippen LogP contribution in [0.2, 0.25) is 0 Å². The number of benzene rings is 1. The van der Waals surface area contributed by atoms with Crippen molar-refractivity contribution in [3.63, 3.8) is 0 Å². The van der Waals surface area contributed by atoms with E-state index in [0.717, 1.165) is 12.0 Å². The van der Waals surface area contributed by atoms with Crippen molar-refractivity contribution in [2.45, 2.75) is 83.3 Å². The second-order valence-electron chi connectivity index (χ2n) is 10.0. The highest BCUT2D eigenvalue weighted by molar-refractivity contribution is 7.41. The molecule has 0 aromatic heterocycles. The van der Waals surface area contributed by atoms with Crippen LogP contribution < -0.4 is 5.32 Å². The van der Waals surface area contributed by atoms with Crippen LogP contribution in [0.15, 0.2) is 30.3 Å². The molecule has 2 heterocycles. The summed E-state index contributed by atoms with van der Waals surface area (Å²) in [6.07, 6.45) is 2.12. The predicted octanol–water partition coefficient (Wildman–Crippen LogP) is 4.37. The first-order valence-electron chi connectivity index (χ1n) is 11.2. The van der Waals surface area contributed by atoms with E-state index < -0.39 is 38.4 Å². The number of hydrogen-bond acceptors (Lipinski definition) is 7. The summed E-state index contributed by atoms with van der Waals surface area (Å²) < 4.78 is 22.2. The van der Waals surface area contributed by atoms with Crippen molar-refractivity contribution in [2.24, 2.45) is 0 Å². The van der Waals surface area contributed by atoms with Gasteiger partial charge in [0.1, 0.15) is 0 Å². The van der Waals surface area contributed by atoms with Gasteiger partial charge in [0, 0.05) is 13.0 Å². The lowest BCUT2D eigenvalue weighted by Crippen LogP contribution is -2.57. The largest absolute Gasteiger partial charge is 0.422 e. The van der Waals surface area contributed by atoms with E-state index in [-0.39, 0.29) is 11.9 Å². The zero-order valence-electron chi connectivity index (χ0n) is 20.0. The van der Waals surface area contributed by atoms with Crippen molar-refractivity contribution in [3.05, 3.63) is 35.9 Å². The molecule has 9 nitrogen and oxygen atoms in total. The van der Waals surface area contributed by atoms with Crippen LogP contribution in [0.1, 0.15) is 71.9 Å². The van der Waals surface area contributed by atoms with Gasteiger partial charge in [-0.25, -0.2) is 4.79 Å². The van der Waals surface area contributed by atoms with Crippen molar-refractivity contribution in [2.75, 3.05) is 13.3 Å². The van der Waals surface area contributed by atoms with Gasteiger partial charge in [-0.3, -0.25) is 18.7 Å². The average molecular weight is 483 g/mol. The summed E-state index contributed by atoms with van der Waals surface area (Å²) in [5.74, 6) is -1.46. The number of carbonyl (C=O) groups is 2. The fourth-order valence-corrected chi connectivity index (χ4v) is 5.15. The van der Waals surface area contributed by atoms with E-state index in [2.05, 4.69) is 5.32 Å². The van der Waals surface area contributed by atoms with Crippen molar-refractivity contribution in [1.82, 2.24) is 10.2 Å². The van der Waals surface area contributed by atoms with Gasteiger partial charge in [0.2, 0.25) is 12.7 Å². The maximum atomic E-state index is 13.1. The number of hydrogen-bond donors (Lipinski definition) is 2. The van der Waals surface area contributed by atoms with Crippen molar-refractivity contribution >= 4 is 20.6 Å². The highest BCUT2D eigenvalue weighted by Gasteiger charge is 2.46. The Morgan fingerprint density at radius 1 is 1.18 bits per heavy atom. The smallest absolute Gasteiger partial charge is 0.412 e. The molecular formula is C23H35N2O7P. The molecule has 3 rings (SSSR count). The maximum Gasteiger partial charge on any atom is 0.412 e. The minimum atomic E-state index is -1.96. The van der Waals surface area contributed by atoms with Crippen molar-refractivity contribution < 1.29 is 33.0 Å². The molecule has 2 N–H and O–H groups in total. The highest BCUT2D eigenvalue weighted by atomic mass is 31.2. The second-order valence-corrected chi connectivity index (χ2v) is 11.1. The van der Waals surface area contributed by atoms with E-state index in [1.54, 1.807) is 4.90 Å². The van der Waals surface area contributed by atoms with Gasteiger partial charge in [-0.05, 0) is 59.4 Å². The van der Waals surface area contributed by atoms with Gasteiger partial charge in [0.25, 0.3) is 0 Å². The summed E-state index contributed by atoms with van der Waals surface area (Å²) in [4.78, 5) is 26.7. The number of nitrogens with one attached hydrogen (secondary N) is 1. The van der Waals surface area contributed by atoms with Crippen LogP contribution in [-0.2, 0) is 23.1 Å². The van der Waals surface area contributed by atoms with E-state index >= 15 is 0 Å². The van der Waals surface area contributed by atoms with Crippen LogP contribution >= 0.6 is 8.60 Å². The number of nitrogens with zero attached hydrogens (tertiary/aromatic N) is 1. The SMILES string of the molecule is CC(C)(C)OP(OCOC(=O)N1CC2(CCC(=O)N2)CCC1c1ccccc1)OC(C)(C)O. The van der Waals surface area contributed by atoms with E-state index in [9.17, 15) is 14.7 Å². The summed E-state index contributed by atoms with van der Waals surface area (Å²) in [5.41, 5.74) is 0.00582. The molecule has 184 valence electrons. The van der Waals surface area contributed by atoms with Crippen LogP contribution in [0.25, 0.3) is 0 Å². The predicted molar refractivity (Wildman–Crippen MR) is 123 cm³/mol. The molecule has 0 bridgehead atoms. The van der Waals surface area contributed by atoms with Crippen LogP contribution in [0, 0.1) is 0 Å². The van der Waals surface area contributed by atoms with Gasteiger partial charge in [0.05, 0.1) is 17.2 Å². The Bertz CT molecular complexity index is 808. The Labute approximate surface area is 196 Å². The molecule has 1 aromatic carbocycles. The Morgan fingerprint density at radius 2 is 1.88 bits per heavy atom. The van der Waals surface area contributed by atoms with E-state index in [1.807, 2.05) is 51.1 Å². The zero-order chi connectivity index (χ0) is 24.3. The molecule has 2 aliphatic rings. The number of carbonyl (C=O) groups excluding carboxylic acids is 2. The first-order valence-corrected chi connectivity index (χ1v) is 12.3. The summed E-state index contributed by atoms with van der Waals surface area (Å²) >= 11 is 0. The number of rotatable bonds is 7. The van der Waals surface area contributed by atoms with Gasteiger partial charge in [0.15, 0.2) is 5.79 Å². The van der Waals surface area contributed by atoms with Gasteiger partial charge >= 0.3 is 14.7 Å². The molecule has 10 heteroatoms. The van der Waals surface area contributed by atoms with Crippen LogP contribution in [0.5, 0.6) is 0 Å². The number of ether oxygens (including phenoxy) is 1. The first kappa shape index (κ1) is 25.8. The minimum Gasteiger partial charge on any atom is -0.422 e. The van der Waals surface area contributed by atoms with Crippen LogP contribution in [0.4, 0.5) is 4.79 Å². The lowest BCUT2D eigenvalue weighted by molar-refractivity contribution is -0.125. The maximum absolute atomic E-state index is 13.1. The third-order valence-corrected chi connectivity index (χ3v) is 7.00. The molecule has 0 aliphatic carbocycles. The Morgan fingerprint density at radius 3 is 2.45 bits per heavy atom. The lowest BCUT2D eigenvalue weighted by Gasteiger charge is -2.44. The lowest BCUT2D eigenvalue weighted by atomic mass is 9.82. The molecule has 2 fully saturated rings. The number of amides is 2. The molecule has 33 heavy (non-hydrogen) atoms. The molecule has 1 spiro atoms. The fourth-order valence-electron chi connectivity index (χ4n) is 4.06. The fraction of sp³-hybridized carbons (Fsp3) is 0.652. The Hall–Kier alpha value is -1.77. The van der Waals surface area contributed by atoms with Crippen LogP contribution in [0.3, 0.4) is 0 Å². The van der Waals surface area contributed by atoms with Crippen LogP contribution in [-0.4, -0.2) is 52.3 Å². The molecule has 2 amide bonds. The highest BCUT2D eigenvalue weighted by Crippen LogP contribution is 2.47. The average Bonchev–Trinajstić information content (AvgIpc) is 3.06. The molecule has 2 aliphatic heterocycles. The zero-order valence-corrected chi connectivity index (χ0v) is 20.9. The molecule has 1 aromatic rings. The molecule has 3 atom stereocenters. The molecular weight excluding hydrogens is 447 g/mol. The quantitative estimate of drug-likeness (QED) is 0.439. The topological polar surface area (TPSA) is 107 Å². The molecule has 0 saturated carbocycles. The molecule has 3 unspecified atom stereocenters. The summed E-state index contributed by atoms with van der Waals surface area (Å²) in [6, 6.07) is 9.62. The van der Waals surface area contributed by atoms with Gasteiger partial charge in [-0.15, -0.1) is 0 Å². The van der Waals surface area contributed by atoms with E-state index in [0.29, 0.717) is 25.8 Å². The summed E-state index contributed by atoms with van der Waals surface area (Å²) in [5, 5.41) is 13.0. The monoisotopic (exact) mass is 482 g/mol. The number of likely N-dealkylation sites (tertiary alicyclic amines) is 1.